The number of nitrogens with one attached hydrogen (secondary N) is 1. The van der Waals surface area contributed by atoms with Crippen molar-refractivity contribution in [1.82, 2.24) is 9.47 Å². The third kappa shape index (κ3) is 8.14. The highest BCUT2D eigenvalue weighted by atomic mass is 19.1. The number of hydrogen-bond acceptors (Lipinski definition) is 4. The maximum atomic E-state index is 14.4. The first-order valence-electron chi connectivity index (χ1n) is 17.7. The number of benzene rings is 3. The third-order valence-corrected chi connectivity index (χ3v) is 9.50. The summed E-state index contributed by atoms with van der Waals surface area (Å²) in [4.78, 5) is 29.6. The maximum absolute atomic E-state index is 14.4. The number of aromatic nitrogens is 1. The van der Waals surface area contributed by atoms with Gasteiger partial charge in [0.25, 0.3) is 5.91 Å². The van der Waals surface area contributed by atoms with Gasteiger partial charge in [0.15, 0.2) is 5.79 Å². The smallest absolute Gasteiger partial charge is 0.258 e. The van der Waals surface area contributed by atoms with Crippen molar-refractivity contribution in [2.45, 2.75) is 96.7 Å². The summed E-state index contributed by atoms with van der Waals surface area (Å²) in [6, 6.07) is 25.9. The zero-order valence-corrected chi connectivity index (χ0v) is 29.1. The number of nitrogens with zero attached hydrogens (tertiary/aromatic N) is 2. The molecule has 0 bridgehead atoms. The number of anilines is 1. The first-order chi connectivity index (χ1) is 23.6. The predicted molar refractivity (Wildman–Crippen MR) is 192 cm³/mol. The van der Waals surface area contributed by atoms with E-state index >= 15 is 0 Å². The minimum Gasteiger partial charge on any atom is -0.347 e. The summed E-state index contributed by atoms with van der Waals surface area (Å²) >= 11 is 0. The van der Waals surface area contributed by atoms with E-state index < -0.39 is 5.79 Å². The van der Waals surface area contributed by atoms with Crippen molar-refractivity contribution in [3.63, 3.8) is 0 Å². The number of ether oxygens (including phenoxy) is 2. The van der Waals surface area contributed by atoms with Crippen LogP contribution in [-0.2, 0) is 20.8 Å². The van der Waals surface area contributed by atoms with Crippen molar-refractivity contribution >= 4 is 17.5 Å². The number of para-hydroxylation sites is 1. The lowest BCUT2D eigenvalue weighted by atomic mass is 9.94. The van der Waals surface area contributed by atoms with E-state index in [0.29, 0.717) is 37.1 Å². The molecule has 0 radical (unpaired) electrons. The molecule has 2 aliphatic rings. The zero-order chi connectivity index (χ0) is 34.5. The second-order valence-corrected chi connectivity index (χ2v) is 14.0. The van der Waals surface area contributed by atoms with Crippen LogP contribution in [0.5, 0.6) is 0 Å². The topological polar surface area (TPSA) is 72.8 Å². The van der Waals surface area contributed by atoms with Gasteiger partial charge in [0, 0.05) is 43.0 Å². The van der Waals surface area contributed by atoms with E-state index in [1.807, 2.05) is 79.4 Å². The molecule has 2 amide bonds. The van der Waals surface area contributed by atoms with Crippen LogP contribution in [0.4, 0.5) is 10.1 Å². The van der Waals surface area contributed by atoms with E-state index in [2.05, 4.69) is 23.7 Å². The highest BCUT2D eigenvalue weighted by Gasteiger charge is 2.38. The average Bonchev–Trinajstić information content (AvgIpc) is 3.44. The SMILES string of the molecule is CC(C)c1c(C(=O)Nc2ccccc2)c(-c2ccccc2)c(-c2ccc(F)cc2)n1CC[C@@H]1C[C@H](CC(=O)N2CCCCC2)OC(C)(C)O1. The summed E-state index contributed by atoms with van der Waals surface area (Å²) in [5.41, 5.74) is 5.59. The van der Waals surface area contributed by atoms with E-state index in [0.717, 1.165) is 54.0 Å². The molecule has 0 unspecified atom stereocenters. The Morgan fingerprint density at radius 2 is 1.49 bits per heavy atom. The Bertz CT molecular complexity index is 1730. The molecule has 8 heteroatoms. The number of amides is 2. The Hall–Kier alpha value is -4.27. The van der Waals surface area contributed by atoms with Gasteiger partial charge in [-0.2, -0.15) is 0 Å². The van der Waals surface area contributed by atoms with Gasteiger partial charge in [-0.3, -0.25) is 9.59 Å². The second kappa shape index (κ2) is 15.1. The van der Waals surface area contributed by atoms with Crippen LogP contribution in [0.1, 0.15) is 88.2 Å². The van der Waals surface area contributed by atoms with Gasteiger partial charge in [-0.25, -0.2) is 4.39 Å². The molecule has 3 aromatic carbocycles. The summed E-state index contributed by atoms with van der Waals surface area (Å²) in [7, 11) is 0. The first-order valence-corrected chi connectivity index (χ1v) is 17.7. The molecule has 49 heavy (non-hydrogen) atoms. The van der Waals surface area contributed by atoms with E-state index in [9.17, 15) is 14.0 Å². The normalized spacial score (nSPS) is 19.2. The van der Waals surface area contributed by atoms with Gasteiger partial charge < -0.3 is 24.3 Å². The lowest BCUT2D eigenvalue weighted by Gasteiger charge is -2.41. The summed E-state index contributed by atoms with van der Waals surface area (Å²) in [6.07, 6.45) is 4.43. The van der Waals surface area contributed by atoms with Gasteiger partial charge >= 0.3 is 0 Å². The highest BCUT2D eigenvalue weighted by molar-refractivity contribution is 6.12. The van der Waals surface area contributed by atoms with Crippen LogP contribution in [0.25, 0.3) is 22.4 Å². The molecule has 1 aromatic heterocycles. The van der Waals surface area contributed by atoms with E-state index in [1.54, 1.807) is 12.1 Å². The average molecular weight is 666 g/mol. The summed E-state index contributed by atoms with van der Waals surface area (Å²) in [6.45, 7) is 10.2. The third-order valence-electron chi connectivity index (χ3n) is 9.50. The van der Waals surface area contributed by atoms with Gasteiger partial charge in [-0.15, -0.1) is 0 Å². The van der Waals surface area contributed by atoms with Crippen molar-refractivity contribution in [1.29, 1.82) is 0 Å². The van der Waals surface area contributed by atoms with Crippen molar-refractivity contribution in [2.24, 2.45) is 0 Å². The van der Waals surface area contributed by atoms with Crippen LogP contribution >= 0.6 is 0 Å². The predicted octanol–water partition coefficient (Wildman–Crippen LogP) is 9.04. The van der Waals surface area contributed by atoms with Crippen LogP contribution in [0.15, 0.2) is 84.9 Å². The molecule has 3 heterocycles. The quantitative estimate of drug-likeness (QED) is 0.184. The molecular weight excluding hydrogens is 617 g/mol. The van der Waals surface area contributed by atoms with Gasteiger partial charge in [0.2, 0.25) is 5.91 Å². The molecule has 2 aliphatic heterocycles. The molecule has 0 saturated carbocycles. The minimum absolute atomic E-state index is 0.0184. The van der Waals surface area contributed by atoms with Gasteiger partial charge in [-0.05, 0) is 93.0 Å². The number of halogens is 1. The number of rotatable bonds is 10. The highest BCUT2D eigenvalue weighted by Crippen LogP contribution is 2.43. The summed E-state index contributed by atoms with van der Waals surface area (Å²) in [5.74, 6) is -1.24. The molecule has 4 aromatic rings. The van der Waals surface area contributed by atoms with Crippen LogP contribution < -0.4 is 5.32 Å². The monoisotopic (exact) mass is 665 g/mol. The Labute approximate surface area is 289 Å². The lowest BCUT2D eigenvalue weighted by molar-refractivity contribution is -0.300. The summed E-state index contributed by atoms with van der Waals surface area (Å²) < 4.78 is 29.3. The Morgan fingerprint density at radius 1 is 0.857 bits per heavy atom. The standard InChI is InChI=1S/C41H48FN3O4/c1-28(2)38-37(40(47)43-32-16-10-6-11-17-32)36(29-14-8-5-9-15-29)39(30-18-20-31(42)21-19-30)45(38)25-22-33-26-34(49-41(3,4)48-33)27-35(46)44-23-12-7-13-24-44/h5-6,8-11,14-21,28,33-34H,7,12-13,22-27H2,1-4H3,(H,43,47)/t33-,34-/m1/s1. The fourth-order valence-corrected chi connectivity index (χ4v) is 7.47. The van der Waals surface area contributed by atoms with Crippen molar-refractivity contribution in [3.05, 3.63) is 102 Å². The molecule has 7 nitrogen and oxygen atoms in total. The Balaban J connectivity index is 1.39. The fraction of sp³-hybridized carbons (Fsp3) is 0.415. The van der Waals surface area contributed by atoms with E-state index in [1.165, 1.54) is 18.6 Å². The molecule has 2 atom stereocenters. The molecular formula is C41H48FN3O4. The van der Waals surface area contributed by atoms with Crippen molar-refractivity contribution in [3.8, 4) is 22.4 Å². The first kappa shape index (κ1) is 34.6. The van der Waals surface area contributed by atoms with Crippen LogP contribution in [-0.4, -0.2) is 52.4 Å². The Kier molecular flexibility index (Phi) is 10.7. The van der Waals surface area contributed by atoms with Gasteiger partial charge in [-0.1, -0.05) is 62.4 Å². The zero-order valence-electron chi connectivity index (χ0n) is 29.1. The van der Waals surface area contributed by atoms with Crippen LogP contribution in [0.3, 0.4) is 0 Å². The molecule has 1 N–H and O–H groups in total. The number of hydrogen-bond donors (Lipinski definition) is 1. The largest absolute Gasteiger partial charge is 0.347 e. The van der Waals surface area contributed by atoms with Gasteiger partial charge in [0.1, 0.15) is 5.82 Å². The van der Waals surface area contributed by atoms with Crippen LogP contribution in [0.2, 0.25) is 0 Å². The van der Waals surface area contributed by atoms with E-state index in [4.69, 9.17) is 9.47 Å². The minimum atomic E-state index is -0.844. The Morgan fingerprint density at radius 3 is 2.14 bits per heavy atom. The molecule has 6 rings (SSSR count). The number of piperidine rings is 1. The second-order valence-electron chi connectivity index (χ2n) is 14.0. The lowest BCUT2D eigenvalue weighted by Crippen LogP contribution is -2.47. The summed E-state index contributed by atoms with van der Waals surface area (Å²) in [5, 5.41) is 3.14. The number of carbonyl (C=O) groups is 2. The molecule has 0 spiro atoms. The fourth-order valence-electron chi connectivity index (χ4n) is 7.47. The molecule has 0 aliphatic carbocycles. The van der Waals surface area contributed by atoms with Crippen molar-refractivity contribution in [2.75, 3.05) is 18.4 Å². The maximum Gasteiger partial charge on any atom is 0.258 e. The van der Waals surface area contributed by atoms with E-state index in [-0.39, 0.29) is 35.8 Å². The van der Waals surface area contributed by atoms with Crippen LogP contribution in [0, 0.1) is 5.82 Å². The van der Waals surface area contributed by atoms with Gasteiger partial charge in [0.05, 0.1) is 29.9 Å². The molecule has 258 valence electrons. The molecule has 2 saturated heterocycles. The number of likely N-dealkylation sites (tertiary alicyclic amines) is 1. The molecule has 2 fully saturated rings. The van der Waals surface area contributed by atoms with Crippen molar-refractivity contribution < 1.29 is 23.5 Å². The number of carbonyl (C=O) groups excluding carboxylic acids is 2.